The molecule has 0 heterocycles. The van der Waals surface area contributed by atoms with Gasteiger partial charge in [0.25, 0.3) is 0 Å². The zero-order valence-electron chi connectivity index (χ0n) is 8.31. The van der Waals surface area contributed by atoms with Gasteiger partial charge in [0.1, 0.15) is 0 Å². The van der Waals surface area contributed by atoms with Crippen LogP contribution in [0.2, 0.25) is 0 Å². The van der Waals surface area contributed by atoms with E-state index in [0.717, 1.165) is 20.2 Å². The fraction of sp³-hybridized carbons (Fsp3) is 0.300. The number of nitrogens with one attached hydrogen (secondary N) is 2. The zero-order chi connectivity index (χ0) is 11.3. The SMILES string of the molecule is CCCNC(=O)Nc1ccc(I)cc1Br. The fourth-order valence-corrected chi connectivity index (χ4v) is 2.39. The van der Waals surface area contributed by atoms with Crippen molar-refractivity contribution in [1.29, 1.82) is 0 Å². The van der Waals surface area contributed by atoms with Crippen LogP contribution in [0.5, 0.6) is 0 Å². The van der Waals surface area contributed by atoms with Crippen LogP contribution < -0.4 is 10.6 Å². The van der Waals surface area contributed by atoms with E-state index in [1.54, 1.807) is 0 Å². The van der Waals surface area contributed by atoms with E-state index in [1.165, 1.54) is 0 Å². The van der Waals surface area contributed by atoms with E-state index in [0.29, 0.717) is 6.54 Å². The first-order valence-corrected chi connectivity index (χ1v) is 6.50. The van der Waals surface area contributed by atoms with Crippen LogP contribution in [0.1, 0.15) is 13.3 Å². The van der Waals surface area contributed by atoms with Crippen LogP contribution in [0, 0.1) is 3.57 Å². The third-order valence-electron chi connectivity index (χ3n) is 1.71. The van der Waals surface area contributed by atoms with Crippen molar-refractivity contribution in [3.63, 3.8) is 0 Å². The van der Waals surface area contributed by atoms with Crippen LogP contribution in [0.4, 0.5) is 10.5 Å². The molecule has 15 heavy (non-hydrogen) atoms. The van der Waals surface area contributed by atoms with Gasteiger partial charge in [-0.3, -0.25) is 0 Å². The lowest BCUT2D eigenvalue weighted by atomic mass is 10.3. The maximum Gasteiger partial charge on any atom is 0.319 e. The van der Waals surface area contributed by atoms with E-state index < -0.39 is 0 Å². The Balaban J connectivity index is 2.60. The summed E-state index contributed by atoms with van der Waals surface area (Å²) in [6.07, 6.45) is 0.932. The quantitative estimate of drug-likeness (QED) is 0.770. The summed E-state index contributed by atoms with van der Waals surface area (Å²) in [6, 6.07) is 5.60. The van der Waals surface area contributed by atoms with Gasteiger partial charge in [0.15, 0.2) is 0 Å². The molecule has 3 nitrogen and oxygen atoms in total. The molecule has 0 aliphatic rings. The van der Waals surface area contributed by atoms with Crippen LogP contribution in [-0.4, -0.2) is 12.6 Å². The number of rotatable bonds is 3. The first kappa shape index (κ1) is 12.8. The van der Waals surface area contributed by atoms with Crippen LogP contribution in [-0.2, 0) is 0 Å². The third kappa shape index (κ3) is 4.38. The highest BCUT2D eigenvalue weighted by Crippen LogP contribution is 2.24. The average molecular weight is 383 g/mol. The van der Waals surface area contributed by atoms with Gasteiger partial charge in [0, 0.05) is 14.6 Å². The lowest BCUT2D eigenvalue weighted by molar-refractivity contribution is 0.252. The molecule has 0 saturated carbocycles. The van der Waals surface area contributed by atoms with Gasteiger partial charge in [-0.15, -0.1) is 0 Å². The largest absolute Gasteiger partial charge is 0.338 e. The van der Waals surface area contributed by atoms with E-state index in [2.05, 4.69) is 49.2 Å². The minimum atomic E-state index is -0.168. The first-order chi connectivity index (χ1) is 7.13. The Labute approximate surface area is 111 Å². The molecule has 0 bridgehead atoms. The maximum absolute atomic E-state index is 11.4. The van der Waals surface area contributed by atoms with Crippen molar-refractivity contribution in [2.45, 2.75) is 13.3 Å². The molecule has 0 fully saturated rings. The Morgan fingerprint density at radius 3 is 2.87 bits per heavy atom. The molecule has 0 aromatic heterocycles. The van der Waals surface area contributed by atoms with E-state index in [4.69, 9.17) is 0 Å². The number of urea groups is 1. The van der Waals surface area contributed by atoms with Crippen molar-refractivity contribution in [2.75, 3.05) is 11.9 Å². The number of hydrogen-bond donors (Lipinski definition) is 2. The number of benzene rings is 1. The molecule has 0 atom stereocenters. The molecule has 1 aromatic rings. The number of amides is 2. The molecule has 0 aliphatic carbocycles. The Kier molecular flexibility index (Phi) is 5.38. The third-order valence-corrected chi connectivity index (χ3v) is 3.04. The maximum atomic E-state index is 11.4. The number of hydrogen-bond acceptors (Lipinski definition) is 1. The Bertz CT molecular complexity index is 357. The highest BCUT2D eigenvalue weighted by atomic mass is 127. The minimum absolute atomic E-state index is 0.168. The molecular weight excluding hydrogens is 371 g/mol. The van der Waals surface area contributed by atoms with Gasteiger partial charge < -0.3 is 10.6 Å². The molecule has 1 aromatic carbocycles. The second kappa shape index (κ2) is 6.32. The molecule has 0 aliphatic heterocycles. The zero-order valence-corrected chi connectivity index (χ0v) is 12.1. The summed E-state index contributed by atoms with van der Waals surface area (Å²) in [4.78, 5) is 11.4. The summed E-state index contributed by atoms with van der Waals surface area (Å²) in [5.74, 6) is 0. The van der Waals surface area contributed by atoms with Crippen molar-refractivity contribution in [1.82, 2.24) is 5.32 Å². The van der Waals surface area contributed by atoms with Crippen LogP contribution in [0.15, 0.2) is 22.7 Å². The van der Waals surface area contributed by atoms with Crippen LogP contribution in [0.3, 0.4) is 0 Å². The van der Waals surface area contributed by atoms with Crippen molar-refractivity contribution in [3.05, 3.63) is 26.2 Å². The van der Waals surface area contributed by atoms with Gasteiger partial charge >= 0.3 is 6.03 Å². The van der Waals surface area contributed by atoms with Gasteiger partial charge in [-0.2, -0.15) is 0 Å². The van der Waals surface area contributed by atoms with E-state index in [-0.39, 0.29) is 6.03 Å². The van der Waals surface area contributed by atoms with Crippen LogP contribution in [0.25, 0.3) is 0 Å². The molecule has 0 radical (unpaired) electrons. The van der Waals surface area contributed by atoms with Crippen LogP contribution >= 0.6 is 38.5 Å². The molecule has 1 rings (SSSR count). The van der Waals surface area contributed by atoms with Crippen molar-refractivity contribution < 1.29 is 4.79 Å². The predicted molar refractivity (Wildman–Crippen MR) is 74.2 cm³/mol. The fourth-order valence-electron chi connectivity index (χ4n) is 0.996. The Morgan fingerprint density at radius 2 is 2.27 bits per heavy atom. The Hall–Kier alpha value is -0.300. The summed E-state index contributed by atoms with van der Waals surface area (Å²) < 4.78 is 2.01. The first-order valence-electron chi connectivity index (χ1n) is 4.63. The summed E-state index contributed by atoms with van der Waals surface area (Å²) in [5, 5.41) is 5.52. The monoisotopic (exact) mass is 382 g/mol. The molecule has 0 saturated heterocycles. The summed E-state index contributed by atoms with van der Waals surface area (Å²) >= 11 is 5.62. The normalized spacial score (nSPS) is 9.80. The molecule has 2 N–H and O–H groups in total. The topological polar surface area (TPSA) is 41.1 Å². The lowest BCUT2D eigenvalue weighted by Gasteiger charge is -2.08. The molecule has 82 valence electrons. The number of carbonyl (C=O) groups excluding carboxylic acids is 1. The second-order valence-corrected chi connectivity index (χ2v) is 5.11. The second-order valence-electron chi connectivity index (χ2n) is 3.01. The number of carbonyl (C=O) groups is 1. The number of anilines is 1. The highest BCUT2D eigenvalue weighted by molar-refractivity contribution is 14.1. The standard InChI is InChI=1S/C10H12BrIN2O/c1-2-5-13-10(15)14-9-4-3-7(12)6-8(9)11/h3-4,6H,2,5H2,1H3,(H2,13,14,15). The Morgan fingerprint density at radius 1 is 1.53 bits per heavy atom. The summed E-state index contributed by atoms with van der Waals surface area (Å²) in [7, 11) is 0. The highest BCUT2D eigenvalue weighted by Gasteiger charge is 2.04. The molecule has 5 heteroatoms. The van der Waals surface area contributed by atoms with Gasteiger partial charge in [-0.1, -0.05) is 6.92 Å². The molecule has 2 amide bonds. The minimum Gasteiger partial charge on any atom is -0.338 e. The lowest BCUT2D eigenvalue weighted by Crippen LogP contribution is -2.29. The van der Waals surface area contributed by atoms with E-state index in [9.17, 15) is 4.79 Å². The van der Waals surface area contributed by atoms with Crippen molar-refractivity contribution in [2.24, 2.45) is 0 Å². The van der Waals surface area contributed by atoms with Crippen molar-refractivity contribution in [3.8, 4) is 0 Å². The summed E-state index contributed by atoms with van der Waals surface area (Å²) in [6.45, 7) is 2.70. The van der Waals surface area contributed by atoms with Gasteiger partial charge in [0.05, 0.1) is 5.69 Å². The van der Waals surface area contributed by atoms with Gasteiger partial charge in [-0.25, -0.2) is 4.79 Å². The smallest absolute Gasteiger partial charge is 0.319 e. The van der Waals surface area contributed by atoms with Gasteiger partial charge in [0.2, 0.25) is 0 Å². The van der Waals surface area contributed by atoms with E-state index >= 15 is 0 Å². The molecular formula is C10H12BrIN2O. The molecule has 0 spiro atoms. The predicted octanol–water partition coefficient (Wildman–Crippen LogP) is 3.59. The molecule has 0 unspecified atom stereocenters. The van der Waals surface area contributed by atoms with Gasteiger partial charge in [-0.05, 0) is 63.1 Å². The number of halogens is 2. The average Bonchev–Trinajstić information content (AvgIpc) is 2.19. The van der Waals surface area contributed by atoms with E-state index in [1.807, 2.05) is 25.1 Å². The summed E-state index contributed by atoms with van der Waals surface area (Å²) in [5.41, 5.74) is 0.781. The van der Waals surface area contributed by atoms with Crippen molar-refractivity contribution >= 4 is 50.2 Å².